The van der Waals surface area contributed by atoms with E-state index in [1.165, 1.54) is 11.3 Å². The van der Waals surface area contributed by atoms with Gasteiger partial charge in [0.2, 0.25) is 0 Å². The fraction of sp³-hybridized carbons (Fsp3) is 0.263. The number of aryl methyl sites for hydroxylation is 1. The van der Waals surface area contributed by atoms with Crippen LogP contribution in [0, 0.1) is 0 Å². The van der Waals surface area contributed by atoms with Crippen molar-refractivity contribution >= 4 is 39.2 Å². The molecular formula is C19H20N2O2S2. The summed E-state index contributed by atoms with van der Waals surface area (Å²) in [5, 5.41) is 0. The summed E-state index contributed by atoms with van der Waals surface area (Å²) in [5.74, 6) is 0.619. The Balaban J connectivity index is 2.16. The lowest BCUT2D eigenvalue weighted by molar-refractivity contribution is 0.0995. The molecule has 3 rings (SSSR count). The van der Waals surface area contributed by atoms with Gasteiger partial charge in [0.15, 0.2) is 4.80 Å². The van der Waals surface area contributed by atoms with Gasteiger partial charge < -0.3 is 9.30 Å². The number of benzene rings is 2. The van der Waals surface area contributed by atoms with E-state index in [1.54, 1.807) is 11.8 Å². The van der Waals surface area contributed by atoms with E-state index in [9.17, 15) is 4.79 Å². The molecule has 25 heavy (non-hydrogen) atoms. The van der Waals surface area contributed by atoms with Gasteiger partial charge in [-0.1, -0.05) is 29.5 Å². The third-order valence-corrected chi connectivity index (χ3v) is 5.65. The van der Waals surface area contributed by atoms with Crippen molar-refractivity contribution in [3.05, 3.63) is 52.8 Å². The Morgan fingerprint density at radius 1 is 1.20 bits per heavy atom. The summed E-state index contributed by atoms with van der Waals surface area (Å²) in [6.07, 6.45) is 1.96. The number of hydrogen-bond acceptors (Lipinski definition) is 4. The SMILES string of the molecule is CCOc1cccc2sc(=NC(=O)c3ccccc3SC)n(CC)c12. The van der Waals surface area contributed by atoms with Gasteiger partial charge in [0.25, 0.3) is 5.91 Å². The third kappa shape index (κ3) is 3.50. The van der Waals surface area contributed by atoms with Crippen LogP contribution in [0.5, 0.6) is 5.75 Å². The monoisotopic (exact) mass is 372 g/mol. The van der Waals surface area contributed by atoms with Gasteiger partial charge in [0.1, 0.15) is 11.3 Å². The van der Waals surface area contributed by atoms with Gasteiger partial charge in [0, 0.05) is 11.4 Å². The molecule has 0 saturated heterocycles. The first-order valence-electron chi connectivity index (χ1n) is 8.16. The molecule has 6 heteroatoms. The molecule has 1 amide bonds. The number of amides is 1. The average Bonchev–Trinajstić information content (AvgIpc) is 2.99. The average molecular weight is 373 g/mol. The standard InChI is InChI=1S/C19H20N2O2S2/c1-4-21-17-14(23-5-2)10-8-12-16(17)25-19(21)20-18(22)13-9-6-7-11-15(13)24-3/h6-12H,4-5H2,1-3H3. The fourth-order valence-electron chi connectivity index (χ4n) is 2.72. The second kappa shape index (κ2) is 7.89. The molecule has 1 heterocycles. The largest absolute Gasteiger partial charge is 0.492 e. The van der Waals surface area contributed by atoms with Gasteiger partial charge in [-0.05, 0) is 44.4 Å². The smallest absolute Gasteiger partial charge is 0.280 e. The maximum Gasteiger partial charge on any atom is 0.280 e. The van der Waals surface area contributed by atoms with Crippen LogP contribution in [0.3, 0.4) is 0 Å². The zero-order valence-corrected chi connectivity index (χ0v) is 16.1. The first kappa shape index (κ1) is 17.8. The molecule has 0 radical (unpaired) electrons. The van der Waals surface area contributed by atoms with Crippen molar-refractivity contribution in [2.24, 2.45) is 4.99 Å². The summed E-state index contributed by atoms with van der Waals surface area (Å²) < 4.78 is 8.87. The topological polar surface area (TPSA) is 43.6 Å². The molecular weight excluding hydrogens is 352 g/mol. The Morgan fingerprint density at radius 2 is 2.00 bits per heavy atom. The number of fused-ring (bicyclic) bond motifs is 1. The number of carbonyl (C=O) groups excluding carboxylic acids is 1. The number of rotatable bonds is 5. The van der Waals surface area contributed by atoms with E-state index in [1.807, 2.05) is 67.1 Å². The van der Waals surface area contributed by atoms with Crippen LogP contribution in [0.1, 0.15) is 24.2 Å². The molecule has 0 aliphatic rings. The minimum atomic E-state index is -0.211. The lowest BCUT2D eigenvalue weighted by Gasteiger charge is -2.07. The zero-order valence-electron chi connectivity index (χ0n) is 14.5. The van der Waals surface area contributed by atoms with Gasteiger partial charge in [-0.15, -0.1) is 11.8 Å². The summed E-state index contributed by atoms with van der Waals surface area (Å²) in [4.78, 5) is 18.8. The van der Waals surface area contributed by atoms with E-state index in [2.05, 4.69) is 4.99 Å². The maximum atomic E-state index is 12.7. The summed E-state index contributed by atoms with van der Waals surface area (Å²) in [6.45, 7) is 5.34. The maximum absolute atomic E-state index is 12.7. The van der Waals surface area contributed by atoms with Gasteiger partial charge in [-0.2, -0.15) is 4.99 Å². The highest BCUT2D eigenvalue weighted by Crippen LogP contribution is 2.28. The normalized spacial score (nSPS) is 11.9. The second-order valence-corrected chi connectivity index (χ2v) is 7.14. The summed E-state index contributed by atoms with van der Waals surface area (Å²) >= 11 is 3.07. The van der Waals surface area contributed by atoms with Crippen molar-refractivity contribution in [3.63, 3.8) is 0 Å². The third-order valence-electron chi connectivity index (χ3n) is 3.81. The van der Waals surface area contributed by atoms with E-state index in [0.29, 0.717) is 17.0 Å². The Labute approximate surface area is 155 Å². The van der Waals surface area contributed by atoms with Crippen molar-refractivity contribution in [2.45, 2.75) is 25.3 Å². The molecule has 0 unspecified atom stereocenters. The number of thioether (sulfide) groups is 1. The first-order chi connectivity index (χ1) is 12.2. The van der Waals surface area contributed by atoms with Crippen LogP contribution < -0.4 is 9.54 Å². The molecule has 2 aromatic carbocycles. The Bertz CT molecular complexity index is 973. The minimum Gasteiger partial charge on any atom is -0.492 e. The van der Waals surface area contributed by atoms with Crippen LogP contribution in [0.2, 0.25) is 0 Å². The Morgan fingerprint density at radius 3 is 2.72 bits per heavy atom. The van der Waals surface area contributed by atoms with E-state index in [0.717, 1.165) is 27.4 Å². The summed E-state index contributed by atoms with van der Waals surface area (Å²) in [6, 6.07) is 13.5. The van der Waals surface area contributed by atoms with Crippen LogP contribution in [-0.2, 0) is 6.54 Å². The van der Waals surface area contributed by atoms with Crippen LogP contribution >= 0.6 is 23.1 Å². The summed E-state index contributed by atoms with van der Waals surface area (Å²) in [7, 11) is 0. The second-order valence-electron chi connectivity index (χ2n) is 5.28. The molecule has 1 aromatic heterocycles. The van der Waals surface area contributed by atoms with Crippen LogP contribution in [0.15, 0.2) is 52.4 Å². The molecule has 4 nitrogen and oxygen atoms in total. The van der Waals surface area contributed by atoms with Crippen LogP contribution in [0.4, 0.5) is 0 Å². The minimum absolute atomic E-state index is 0.211. The van der Waals surface area contributed by atoms with Gasteiger partial charge >= 0.3 is 0 Å². The molecule has 0 spiro atoms. The lowest BCUT2D eigenvalue weighted by Crippen LogP contribution is -2.16. The predicted octanol–water partition coefficient (Wildman–Crippen LogP) is 4.58. The van der Waals surface area contributed by atoms with E-state index in [4.69, 9.17) is 4.74 Å². The fourth-order valence-corrected chi connectivity index (χ4v) is 4.42. The lowest BCUT2D eigenvalue weighted by atomic mass is 10.2. The van der Waals surface area contributed by atoms with Crippen molar-refractivity contribution in [1.29, 1.82) is 0 Å². The van der Waals surface area contributed by atoms with E-state index in [-0.39, 0.29) is 5.91 Å². The van der Waals surface area contributed by atoms with Gasteiger partial charge in [0.05, 0.1) is 16.9 Å². The van der Waals surface area contributed by atoms with Crippen molar-refractivity contribution in [3.8, 4) is 5.75 Å². The summed E-state index contributed by atoms with van der Waals surface area (Å²) in [5.41, 5.74) is 1.64. The zero-order chi connectivity index (χ0) is 17.8. The number of nitrogens with zero attached hydrogens (tertiary/aromatic N) is 2. The molecule has 130 valence electrons. The molecule has 0 saturated carbocycles. The van der Waals surface area contributed by atoms with Crippen LogP contribution in [0.25, 0.3) is 10.2 Å². The molecule has 0 bridgehead atoms. The van der Waals surface area contributed by atoms with Crippen molar-refractivity contribution < 1.29 is 9.53 Å². The van der Waals surface area contributed by atoms with Gasteiger partial charge in [-0.25, -0.2) is 0 Å². The predicted molar refractivity (Wildman–Crippen MR) is 105 cm³/mol. The number of aromatic nitrogens is 1. The van der Waals surface area contributed by atoms with Crippen molar-refractivity contribution in [1.82, 2.24) is 4.57 Å². The number of para-hydroxylation sites is 1. The highest BCUT2D eigenvalue weighted by atomic mass is 32.2. The molecule has 3 aromatic rings. The quantitative estimate of drug-likeness (QED) is 0.616. The van der Waals surface area contributed by atoms with Crippen molar-refractivity contribution in [2.75, 3.05) is 12.9 Å². The Hall–Kier alpha value is -2.05. The van der Waals surface area contributed by atoms with E-state index < -0.39 is 0 Å². The highest BCUT2D eigenvalue weighted by Gasteiger charge is 2.13. The van der Waals surface area contributed by atoms with Crippen LogP contribution in [-0.4, -0.2) is 23.3 Å². The molecule has 0 N–H and O–H groups in total. The number of thiazole rings is 1. The van der Waals surface area contributed by atoms with Gasteiger partial charge in [-0.3, -0.25) is 4.79 Å². The molecule has 0 fully saturated rings. The number of carbonyl (C=O) groups is 1. The number of hydrogen-bond donors (Lipinski definition) is 0. The first-order valence-corrected chi connectivity index (χ1v) is 10.2. The van der Waals surface area contributed by atoms with E-state index >= 15 is 0 Å². The number of ether oxygens (including phenoxy) is 1. The molecule has 0 aliphatic heterocycles. The molecule has 0 aliphatic carbocycles. The highest BCUT2D eigenvalue weighted by molar-refractivity contribution is 7.98. The Kier molecular flexibility index (Phi) is 5.60. The molecule has 0 atom stereocenters.